The number of nitro groups is 1. The van der Waals surface area contributed by atoms with Gasteiger partial charge in [0.15, 0.2) is 0 Å². The fourth-order valence-electron chi connectivity index (χ4n) is 3.31. The first kappa shape index (κ1) is 19.9. The standard InChI is InChI=1S/C18H21F2N5O3/c1-13-17(25(27)28)16(18(19)20)21-24(13)12-15(26)23-9-7-22(8-10-23)11-14-5-3-2-4-6-14/h2-6,18H,7-12H2,1H3. The van der Waals surface area contributed by atoms with E-state index in [1.54, 1.807) is 4.90 Å². The second-order valence-electron chi connectivity index (χ2n) is 6.68. The first-order valence-electron chi connectivity index (χ1n) is 8.90. The van der Waals surface area contributed by atoms with E-state index in [1.165, 1.54) is 12.5 Å². The van der Waals surface area contributed by atoms with E-state index in [9.17, 15) is 23.7 Å². The van der Waals surface area contributed by atoms with Crippen molar-refractivity contribution in [3.8, 4) is 0 Å². The minimum atomic E-state index is -3.07. The van der Waals surface area contributed by atoms with Crippen LogP contribution in [0.25, 0.3) is 0 Å². The number of amides is 1. The Hall–Kier alpha value is -2.88. The summed E-state index contributed by atoms with van der Waals surface area (Å²) in [6.45, 7) is 4.24. The second kappa shape index (κ2) is 8.42. The smallest absolute Gasteiger partial charge is 0.319 e. The second-order valence-corrected chi connectivity index (χ2v) is 6.68. The zero-order valence-corrected chi connectivity index (χ0v) is 15.4. The first-order valence-corrected chi connectivity index (χ1v) is 8.90. The Kier molecular flexibility index (Phi) is 5.98. The molecule has 2 heterocycles. The van der Waals surface area contributed by atoms with Gasteiger partial charge in [0, 0.05) is 32.7 Å². The highest BCUT2D eigenvalue weighted by molar-refractivity contribution is 5.76. The highest BCUT2D eigenvalue weighted by Crippen LogP contribution is 2.30. The van der Waals surface area contributed by atoms with Gasteiger partial charge in [0.25, 0.3) is 6.43 Å². The van der Waals surface area contributed by atoms with Gasteiger partial charge in [-0.05, 0) is 12.5 Å². The van der Waals surface area contributed by atoms with E-state index in [-0.39, 0.29) is 18.1 Å². The van der Waals surface area contributed by atoms with E-state index in [0.29, 0.717) is 26.2 Å². The maximum atomic E-state index is 13.0. The topological polar surface area (TPSA) is 84.5 Å². The molecule has 0 atom stereocenters. The summed E-state index contributed by atoms with van der Waals surface area (Å²) in [5.41, 5.74) is -0.476. The fourth-order valence-corrected chi connectivity index (χ4v) is 3.31. The Balaban J connectivity index is 1.60. The minimum absolute atomic E-state index is 0.0450. The number of rotatable bonds is 6. The number of piperazine rings is 1. The molecule has 0 bridgehead atoms. The van der Waals surface area contributed by atoms with Gasteiger partial charge in [-0.15, -0.1) is 0 Å². The molecule has 1 amide bonds. The third kappa shape index (κ3) is 4.33. The largest absolute Gasteiger partial charge is 0.339 e. The zero-order valence-electron chi connectivity index (χ0n) is 15.4. The monoisotopic (exact) mass is 393 g/mol. The molecule has 0 radical (unpaired) electrons. The Morgan fingerprint density at radius 2 is 1.86 bits per heavy atom. The predicted molar refractivity (Wildman–Crippen MR) is 96.9 cm³/mol. The van der Waals surface area contributed by atoms with E-state index in [0.717, 1.165) is 11.2 Å². The predicted octanol–water partition coefficient (Wildman–Crippen LogP) is 2.38. The maximum Gasteiger partial charge on any atom is 0.319 e. The molecule has 0 saturated carbocycles. The van der Waals surface area contributed by atoms with Crippen LogP contribution in [0.1, 0.15) is 23.4 Å². The molecule has 3 rings (SSSR count). The number of carbonyl (C=O) groups is 1. The number of nitrogens with zero attached hydrogens (tertiary/aromatic N) is 5. The van der Waals surface area contributed by atoms with Crippen molar-refractivity contribution in [2.24, 2.45) is 0 Å². The molecule has 28 heavy (non-hydrogen) atoms. The van der Waals surface area contributed by atoms with Crippen molar-refractivity contribution in [3.05, 3.63) is 57.4 Å². The lowest BCUT2D eigenvalue weighted by molar-refractivity contribution is -0.386. The fraction of sp³-hybridized carbons (Fsp3) is 0.444. The van der Waals surface area contributed by atoms with E-state index >= 15 is 0 Å². The average Bonchev–Trinajstić information content (AvgIpc) is 3.00. The van der Waals surface area contributed by atoms with Gasteiger partial charge in [-0.3, -0.25) is 24.5 Å². The van der Waals surface area contributed by atoms with Gasteiger partial charge >= 0.3 is 5.69 Å². The Morgan fingerprint density at radius 3 is 2.39 bits per heavy atom. The Labute approximate surface area is 160 Å². The van der Waals surface area contributed by atoms with Gasteiger partial charge in [0.2, 0.25) is 11.6 Å². The molecule has 0 aliphatic carbocycles. The lowest BCUT2D eigenvalue weighted by Gasteiger charge is -2.34. The molecule has 1 saturated heterocycles. The van der Waals surface area contributed by atoms with Gasteiger partial charge in [-0.1, -0.05) is 30.3 Å². The van der Waals surface area contributed by atoms with E-state index < -0.39 is 22.7 Å². The molecule has 1 aliphatic heterocycles. The lowest BCUT2D eigenvalue weighted by atomic mass is 10.2. The van der Waals surface area contributed by atoms with Crippen molar-refractivity contribution in [1.29, 1.82) is 0 Å². The van der Waals surface area contributed by atoms with E-state index in [1.807, 2.05) is 30.3 Å². The van der Waals surface area contributed by atoms with Crippen LogP contribution in [0.4, 0.5) is 14.5 Å². The molecule has 150 valence electrons. The zero-order chi connectivity index (χ0) is 20.3. The maximum absolute atomic E-state index is 13.0. The van der Waals surface area contributed by atoms with Gasteiger partial charge in [0.05, 0.1) is 4.92 Å². The van der Waals surface area contributed by atoms with Crippen molar-refractivity contribution < 1.29 is 18.5 Å². The van der Waals surface area contributed by atoms with Crippen molar-refractivity contribution in [3.63, 3.8) is 0 Å². The van der Waals surface area contributed by atoms with Gasteiger partial charge in [-0.2, -0.15) is 5.10 Å². The van der Waals surface area contributed by atoms with Crippen LogP contribution in [0.2, 0.25) is 0 Å². The number of aromatic nitrogens is 2. The third-order valence-corrected chi connectivity index (χ3v) is 4.85. The Bertz CT molecular complexity index is 848. The van der Waals surface area contributed by atoms with Gasteiger partial charge in [0.1, 0.15) is 12.2 Å². The molecule has 2 aromatic rings. The Morgan fingerprint density at radius 1 is 1.21 bits per heavy atom. The van der Waals surface area contributed by atoms with E-state index in [4.69, 9.17) is 0 Å². The molecule has 0 N–H and O–H groups in total. The van der Waals surface area contributed by atoms with Crippen molar-refractivity contribution in [2.45, 2.75) is 26.4 Å². The molecule has 1 aliphatic rings. The summed E-state index contributed by atoms with van der Waals surface area (Å²) in [5, 5.41) is 14.7. The van der Waals surface area contributed by atoms with Crippen molar-refractivity contribution in [2.75, 3.05) is 26.2 Å². The molecular formula is C18H21F2N5O3. The summed E-state index contributed by atoms with van der Waals surface area (Å²) in [7, 11) is 0. The number of carbonyl (C=O) groups excluding carboxylic acids is 1. The van der Waals surface area contributed by atoms with E-state index in [2.05, 4.69) is 10.00 Å². The number of benzene rings is 1. The molecule has 10 heteroatoms. The SMILES string of the molecule is Cc1c([N+](=O)[O-])c(C(F)F)nn1CC(=O)N1CCN(Cc2ccccc2)CC1. The quantitative estimate of drug-likeness (QED) is 0.556. The van der Waals surface area contributed by atoms with Crippen LogP contribution >= 0.6 is 0 Å². The normalized spacial score (nSPS) is 15.2. The lowest BCUT2D eigenvalue weighted by Crippen LogP contribution is -2.49. The number of alkyl halides is 2. The molecular weight excluding hydrogens is 372 g/mol. The van der Waals surface area contributed by atoms with Gasteiger partial charge < -0.3 is 4.90 Å². The van der Waals surface area contributed by atoms with Crippen LogP contribution in [0, 0.1) is 17.0 Å². The van der Waals surface area contributed by atoms with Crippen molar-refractivity contribution in [1.82, 2.24) is 19.6 Å². The highest BCUT2D eigenvalue weighted by Gasteiger charge is 2.32. The summed E-state index contributed by atoms with van der Waals surface area (Å²) < 4.78 is 27.0. The van der Waals surface area contributed by atoms with Crippen LogP contribution in [0.3, 0.4) is 0 Å². The first-order chi connectivity index (χ1) is 13.4. The van der Waals surface area contributed by atoms with Crippen LogP contribution in [0.5, 0.6) is 0 Å². The molecule has 0 unspecified atom stereocenters. The minimum Gasteiger partial charge on any atom is -0.339 e. The number of hydrogen-bond donors (Lipinski definition) is 0. The molecule has 8 nitrogen and oxygen atoms in total. The summed E-state index contributed by atoms with van der Waals surface area (Å²) in [6.07, 6.45) is -3.07. The molecule has 1 aromatic carbocycles. The highest BCUT2D eigenvalue weighted by atomic mass is 19.3. The van der Waals surface area contributed by atoms with Crippen molar-refractivity contribution >= 4 is 11.6 Å². The van der Waals surface area contributed by atoms with Crippen LogP contribution in [-0.2, 0) is 17.9 Å². The molecule has 1 aromatic heterocycles. The number of halogens is 2. The summed E-state index contributed by atoms with van der Waals surface area (Å²) >= 11 is 0. The summed E-state index contributed by atoms with van der Waals surface area (Å²) in [6, 6.07) is 10.0. The third-order valence-electron chi connectivity index (χ3n) is 4.85. The molecule has 1 fully saturated rings. The van der Waals surface area contributed by atoms with Crippen LogP contribution in [0.15, 0.2) is 30.3 Å². The summed E-state index contributed by atoms with van der Waals surface area (Å²) in [5.74, 6) is -0.291. The number of hydrogen-bond acceptors (Lipinski definition) is 5. The van der Waals surface area contributed by atoms with Gasteiger partial charge in [-0.25, -0.2) is 8.78 Å². The average molecular weight is 393 g/mol. The van der Waals surface area contributed by atoms with Crippen LogP contribution in [-0.4, -0.2) is 56.6 Å². The van der Waals surface area contributed by atoms with Crippen LogP contribution < -0.4 is 0 Å². The molecule has 0 spiro atoms. The summed E-state index contributed by atoms with van der Waals surface area (Å²) in [4.78, 5) is 26.6.